The molecule has 1 N–H and O–H groups in total. The van der Waals surface area contributed by atoms with Crippen LogP contribution in [0.4, 0.5) is 4.79 Å². The van der Waals surface area contributed by atoms with E-state index >= 15 is 0 Å². The van der Waals surface area contributed by atoms with Gasteiger partial charge in [0.25, 0.3) is 5.24 Å². The zero-order valence-corrected chi connectivity index (χ0v) is 9.44. The highest BCUT2D eigenvalue weighted by Crippen LogP contribution is 2.16. The summed E-state index contributed by atoms with van der Waals surface area (Å²) in [5.41, 5.74) is 1.06. The molecule has 1 saturated heterocycles. The van der Waals surface area contributed by atoms with E-state index in [4.69, 9.17) is 0 Å². The second-order valence-corrected chi connectivity index (χ2v) is 4.51. The Morgan fingerprint density at radius 1 is 1.44 bits per heavy atom. The highest BCUT2D eigenvalue weighted by molar-refractivity contribution is 8.13. The van der Waals surface area contributed by atoms with E-state index < -0.39 is 0 Å². The van der Waals surface area contributed by atoms with Crippen LogP contribution in [0.25, 0.3) is 0 Å². The molecule has 2 amide bonds. The van der Waals surface area contributed by atoms with Gasteiger partial charge in [-0.15, -0.1) is 0 Å². The molecule has 1 fully saturated rings. The van der Waals surface area contributed by atoms with Crippen LogP contribution in [0.2, 0.25) is 0 Å². The standard InChI is InChI=1S/C11H12N2O2S/c14-8-13(10-7-16-11(15)12-10)6-9-4-2-1-3-5-9/h1-5,8,10H,6-7H2,(H,12,15). The molecule has 1 unspecified atom stereocenters. The van der Waals surface area contributed by atoms with Crippen molar-refractivity contribution in [3.05, 3.63) is 35.9 Å². The Labute approximate surface area is 98.0 Å². The molecule has 16 heavy (non-hydrogen) atoms. The van der Waals surface area contributed by atoms with Gasteiger partial charge < -0.3 is 10.2 Å². The van der Waals surface area contributed by atoms with E-state index in [1.807, 2.05) is 30.3 Å². The molecule has 1 heterocycles. The number of nitrogens with one attached hydrogen (secondary N) is 1. The molecule has 1 aromatic carbocycles. The number of hydrogen-bond donors (Lipinski definition) is 1. The van der Waals surface area contributed by atoms with Crippen molar-refractivity contribution < 1.29 is 9.59 Å². The maximum atomic E-state index is 11.0. The van der Waals surface area contributed by atoms with Gasteiger partial charge in [-0.3, -0.25) is 9.59 Å². The summed E-state index contributed by atoms with van der Waals surface area (Å²) in [5, 5.41) is 2.68. The maximum Gasteiger partial charge on any atom is 0.280 e. The summed E-state index contributed by atoms with van der Waals surface area (Å²) >= 11 is 1.21. The smallest absolute Gasteiger partial charge is 0.280 e. The molecule has 4 nitrogen and oxygen atoms in total. The van der Waals surface area contributed by atoms with Crippen LogP contribution in [0, 0.1) is 0 Å². The summed E-state index contributed by atoms with van der Waals surface area (Å²) < 4.78 is 0. The van der Waals surface area contributed by atoms with Crippen molar-refractivity contribution in [3.8, 4) is 0 Å². The molecule has 84 valence electrons. The second kappa shape index (κ2) is 5.03. The fraction of sp³-hybridized carbons (Fsp3) is 0.273. The fourth-order valence-electron chi connectivity index (χ4n) is 1.57. The number of benzene rings is 1. The number of carbonyl (C=O) groups excluding carboxylic acids is 2. The van der Waals surface area contributed by atoms with Crippen LogP contribution in [-0.2, 0) is 11.3 Å². The number of rotatable bonds is 4. The normalized spacial score (nSPS) is 19.2. The summed E-state index contributed by atoms with van der Waals surface area (Å²) in [6.07, 6.45) is 0.597. The Hall–Kier alpha value is -1.49. The lowest BCUT2D eigenvalue weighted by molar-refractivity contribution is -0.120. The Morgan fingerprint density at radius 3 is 2.75 bits per heavy atom. The van der Waals surface area contributed by atoms with E-state index in [9.17, 15) is 9.59 Å². The first-order valence-electron chi connectivity index (χ1n) is 4.98. The average Bonchev–Trinajstić information content (AvgIpc) is 2.74. The number of carbonyl (C=O) groups is 2. The first-order valence-corrected chi connectivity index (χ1v) is 5.96. The zero-order chi connectivity index (χ0) is 11.4. The van der Waals surface area contributed by atoms with E-state index in [1.54, 1.807) is 4.90 Å². The van der Waals surface area contributed by atoms with E-state index in [-0.39, 0.29) is 11.4 Å². The van der Waals surface area contributed by atoms with E-state index in [2.05, 4.69) is 5.32 Å². The predicted molar refractivity (Wildman–Crippen MR) is 62.8 cm³/mol. The summed E-state index contributed by atoms with van der Waals surface area (Å²) in [5.74, 6) is 0.615. The highest BCUT2D eigenvalue weighted by atomic mass is 32.2. The minimum Gasteiger partial charge on any atom is -0.326 e. The van der Waals surface area contributed by atoms with Gasteiger partial charge in [-0.25, -0.2) is 0 Å². The third kappa shape index (κ3) is 2.55. The maximum absolute atomic E-state index is 11.0. The summed E-state index contributed by atoms with van der Waals surface area (Å²) in [6.45, 7) is 0.524. The molecule has 0 spiro atoms. The van der Waals surface area contributed by atoms with Crippen LogP contribution < -0.4 is 5.32 Å². The van der Waals surface area contributed by atoms with Crippen molar-refractivity contribution in [2.75, 3.05) is 5.75 Å². The van der Waals surface area contributed by atoms with Crippen molar-refractivity contribution >= 4 is 23.4 Å². The summed E-state index contributed by atoms with van der Waals surface area (Å²) in [6, 6.07) is 9.71. The van der Waals surface area contributed by atoms with E-state index in [0.717, 1.165) is 12.0 Å². The summed E-state index contributed by atoms with van der Waals surface area (Å²) in [4.78, 5) is 23.6. The fourth-order valence-corrected chi connectivity index (χ4v) is 2.37. The van der Waals surface area contributed by atoms with Crippen molar-refractivity contribution in [2.45, 2.75) is 12.7 Å². The molecule has 1 aliphatic rings. The first-order chi connectivity index (χ1) is 7.79. The number of thioether (sulfide) groups is 1. The van der Waals surface area contributed by atoms with Crippen LogP contribution in [-0.4, -0.2) is 28.5 Å². The van der Waals surface area contributed by atoms with Gasteiger partial charge in [0.2, 0.25) is 6.41 Å². The van der Waals surface area contributed by atoms with Gasteiger partial charge in [0.15, 0.2) is 0 Å². The second-order valence-electron chi connectivity index (χ2n) is 3.52. The van der Waals surface area contributed by atoms with Crippen molar-refractivity contribution in [3.63, 3.8) is 0 Å². The lowest BCUT2D eigenvalue weighted by atomic mass is 10.2. The minimum atomic E-state index is -0.185. The van der Waals surface area contributed by atoms with Gasteiger partial charge in [-0.05, 0) is 5.56 Å². The van der Waals surface area contributed by atoms with E-state index in [0.29, 0.717) is 12.3 Å². The number of hydrogen-bond acceptors (Lipinski definition) is 3. The van der Waals surface area contributed by atoms with Crippen molar-refractivity contribution in [1.82, 2.24) is 10.2 Å². The Balaban J connectivity index is 2.01. The largest absolute Gasteiger partial charge is 0.326 e. The molecule has 5 heteroatoms. The lowest BCUT2D eigenvalue weighted by Crippen LogP contribution is -2.43. The monoisotopic (exact) mass is 236 g/mol. The Morgan fingerprint density at radius 2 is 2.19 bits per heavy atom. The number of amides is 2. The van der Waals surface area contributed by atoms with Crippen LogP contribution in [0.5, 0.6) is 0 Å². The van der Waals surface area contributed by atoms with Crippen LogP contribution in [0.3, 0.4) is 0 Å². The SMILES string of the molecule is O=CN(Cc1ccccc1)C1CSC(=O)N1. The van der Waals surface area contributed by atoms with Gasteiger partial charge in [0, 0.05) is 12.3 Å². The molecule has 0 bridgehead atoms. The molecule has 0 saturated carbocycles. The molecule has 0 radical (unpaired) electrons. The topological polar surface area (TPSA) is 49.4 Å². The van der Waals surface area contributed by atoms with Crippen LogP contribution >= 0.6 is 11.8 Å². The molecule has 1 aromatic rings. The average molecular weight is 236 g/mol. The molecule has 0 aromatic heterocycles. The molecule has 1 aliphatic heterocycles. The molecular formula is C11H12N2O2S. The van der Waals surface area contributed by atoms with E-state index in [1.165, 1.54) is 11.8 Å². The van der Waals surface area contributed by atoms with Gasteiger partial charge in [0.1, 0.15) is 6.17 Å². The molecule has 0 aliphatic carbocycles. The lowest BCUT2D eigenvalue weighted by Gasteiger charge is -2.23. The third-order valence-corrected chi connectivity index (χ3v) is 3.26. The van der Waals surface area contributed by atoms with Crippen LogP contribution in [0.1, 0.15) is 5.56 Å². The highest BCUT2D eigenvalue weighted by Gasteiger charge is 2.26. The van der Waals surface area contributed by atoms with Gasteiger partial charge >= 0.3 is 0 Å². The number of nitrogens with zero attached hydrogens (tertiary/aromatic N) is 1. The predicted octanol–water partition coefficient (Wildman–Crippen LogP) is 1.43. The Kier molecular flexibility index (Phi) is 3.46. The summed E-state index contributed by atoms with van der Waals surface area (Å²) in [7, 11) is 0. The van der Waals surface area contributed by atoms with Crippen molar-refractivity contribution in [2.24, 2.45) is 0 Å². The third-order valence-electron chi connectivity index (χ3n) is 2.40. The Bertz CT molecular complexity index is 383. The quantitative estimate of drug-likeness (QED) is 0.804. The molecule has 2 rings (SSSR count). The minimum absolute atomic E-state index is 0.0649. The van der Waals surface area contributed by atoms with Gasteiger partial charge in [0.05, 0.1) is 0 Å². The van der Waals surface area contributed by atoms with Crippen LogP contribution in [0.15, 0.2) is 30.3 Å². The van der Waals surface area contributed by atoms with Gasteiger partial charge in [-0.1, -0.05) is 42.1 Å². The van der Waals surface area contributed by atoms with Crippen molar-refractivity contribution in [1.29, 1.82) is 0 Å². The first kappa shape index (κ1) is 11.0. The van der Waals surface area contributed by atoms with Gasteiger partial charge in [-0.2, -0.15) is 0 Å². The molecule has 1 atom stereocenters. The molecular weight excluding hydrogens is 224 g/mol. The zero-order valence-electron chi connectivity index (χ0n) is 8.63.